The molecule has 1 aromatic heterocycles. The van der Waals surface area contributed by atoms with Crippen LogP contribution in [0.4, 0.5) is 5.69 Å². The summed E-state index contributed by atoms with van der Waals surface area (Å²) in [5.41, 5.74) is 2.82. The van der Waals surface area contributed by atoms with Crippen LogP contribution >= 0.6 is 23.2 Å². The number of carbonyl (C=O) groups is 1. The number of nitrogens with one attached hydrogen (secondary N) is 2. The van der Waals surface area contributed by atoms with Crippen molar-refractivity contribution < 1.29 is 9.53 Å². The van der Waals surface area contributed by atoms with Gasteiger partial charge in [-0.2, -0.15) is 0 Å². The van der Waals surface area contributed by atoms with E-state index in [1.54, 1.807) is 18.2 Å². The summed E-state index contributed by atoms with van der Waals surface area (Å²) in [5.74, 6) is 0.581. The molecule has 0 saturated carbocycles. The van der Waals surface area contributed by atoms with E-state index in [1.165, 1.54) is 0 Å². The number of aromatic amines is 1. The Morgan fingerprint density at radius 2 is 2.08 bits per heavy atom. The third-order valence-corrected chi connectivity index (χ3v) is 4.91. The van der Waals surface area contributed by atoms with E-state index in [4.69, 9.17) is 27.9 Å². The van der Waals surface area contributed by atoms with E-state index in [-0.39, 0.29) is 12.0 Å². The molecule has 1 atom stereocenters. The lowest BCUT2D eigenvalue weighted by molar-refractivity contribution is 0.102. The molecule has 1 aliphatic rings. The minimum Gasteiger partial charge on any atom is -0.370 e. The van der Waals surface area contributed by atoms with Gasteiger partial charge >= 0.3 is 0 Å². The number of H-pyrrole nitrogens is 1. The first-order valence-corrected chi connectivity index (χ1v) is 8.73. The van der Waals surface area contributed by atoms with Crippen molar-refractivity contribution in [3.8, 4) is 0 Å². The van der Waals surface area contributed by atoms with Gasteiger partial charge in [-0.3, -0.25) is 4.79 Å². The number of hydrogen-bond acceptors (Lipinski definition) is 3. The zero-order valence-electron chi connectivity index (χ0n) is 13.2. The van der Waals surface area contributed by atoms with Crippen LogP contribution in [0.3, 0.4) is 0 Å². The van der Waals surface area contributed by atoms with Crippen molar-refractivity contribution in [1.82, 2.24) is 9.97 Å². The maximum absolute atomic E-state index is 12.4. The van der Waals surface area contributed by atoms with Gasteiger partial charge in [0.2, 0.25) is 0 Å². The molecule has 2 heterocycles. The lowest BCUT2D eigenvalue weighted by Crippen LogP contribution is -2.11. The van der Waals surface area contributed by atoms with Crippen molar-refractivity contribution >= 4 is 45.8 Å². The summed E-state index contributed by atoms with van der Waals surface area (Å²) in [6, 6.07) is 10.3. The van der Waals surface area contributed by atoms with E-state index < -0.39 is 0 Å². The number of anilines is 1. The topological polar surface area (TPSA) is 67.0 Å². The summed E-state index contributed by atoms with van der Waals surface area (Å²) in [4.78, 5) is 20.2. The molecule has 2 N–H and O–H groups in total. The average Bonchev–Trinajstić information content (AvgIpc) is 3.25. The minimum absolute atomic E-state index is 0.0293. The fraction of sp³-hybridized carbons (Fsp3) is 0.222. The van der Waals surface area contributed by atoms with E-state index >= 15 is 0 Å². The summed E-state index contributed by atoms with van der Waals surface area (Å²) < 4.78 is 5.66. The SMILES string of the molecule is O=C(Nc1ccc2nc(C3CCCO3)[nH]c2c1)c1ccc(Cl)c(Cl)c1. The van der Waals surface area contributed by atoms with Crippen molar-refractivity contribution in [3.05, 3.63) is 57.8 Å². The Balaban J connectivity index is 1.56. The van der Waals surface area contributed by atoms with E-state index in [2.05, 4.69) is 15.3 Å². The van der Waals surface area contributed by atoms with Gasteiger partial charge in [-0.15, -0.1) is 0 Å². The number of hydrogen-bond donors (Lipinski definition) is 2. The maximum atomic E-state index is 12.4. The van der Waals surface area contributed by atoms with Crippen LogP contribution in [-0.2, 0) is 4.74 Å². The summed E-state index contributed by atoms with van der Waals surface area (Å²) in [6.07, 6.45) is 2.05. The molecule has 0 radical (unpaired) electrons. The van der Waals surface area contributed by atoms with Gasteiger partial charge in [0.15, 0.2) is 0 Å². The Kier molecular flexibility index (Phi) is 4.37. The number of rotatable bonds is 3. The molecule has 1 saturated heterocycles. The number of ether oxygens (including phenoxy) is 1. The lowest BCUT2D eigenvalue weighted by Gasteiger charge is -2.06. The van der Waals surface area contributed by atoms with Gasteiger partial charge in [0, 0.05) is 17.9 Å². The Morgan fingerprint density at radius 1 is 1.20 bits per heavy atom. The Hall–Kier alpha value is -2.08. The summed E-state index contributed by atoms with van der Waals surface area (Å²) >= 11 is 11.8. The zero-order valence-corrected chi connectivity index (χ0v) is 14.7. The number of benzene rings is 2. The van der Waals surface area contributed by atoms with E-state index in [0.29, 0.717) is 21.3 Å². The van der Waals surface area contributed by atoms with E-state index in [0.717, 1.165) is 36.3 Å². The molecule has 1 amide bonds. The molecule has 0 spiro atoms. The fourth-order valence-electron chi connectivity index (χ4n) is 2.89. The Bertz CT molecular complexity index is 949. The quantitative estimate of drug-likeness (QED) is 0.678. The second-order valence-electron chi connectivity index (χ2n) is 5.94. The van der Waals surface area contributed by atoms with Crippen molar-refractivity contribution in [1.29, 1.82) is 0 Å². The molecule has 7 heteroatoms. The molecule has 25 heavy (non-hydrogen) atoms. The third kappa shape index (κ3) is 3.35. The van der Waals surface area contributed by atoms with Crippen LogP contribution in [0.2, 0.25) is 10.0 Å². The Labute approximate surface area is 154 Å². The van der Waals surface area contributed by atoms with Gasteiger partial charge in [-0.1, -0.05) is 23.2 Å². The minimum atomic E-state index is -0.253. The smallest absolute Gasteiger partial charge is 0.255 e. The molecule has 4 rings (SSSR count). The zero-order chi connectivity index (χ0) is 17.4. The van der Waals surface area contributed by atoms with Crippen LogP contribution in [0.5, 0.6) is 0 Å². The van der Waals surface area contributed by atoms with Gasteiger partial charge in [0.05, 0.1) is 21.1 Å². The molecule has 1 unspecified atom stereocenters. The number of amides is 1. The number of imidazole rings is 1. The maximum Gasteiger partial charge on any atom is 0.255 e. The van der Waals surface area contributed by atoms with Crippen molar-refractivity contribution in [2.24, 2.45) is 0 Å². The summed E-state index contributed by atoms with van der Waals surface area (Å²) in [7, 11) is 0. The van der Waals surface area contributed by atoms with Gasteiger partial charge in [-0.25, -0.2) is 4.98 Å². The van der Waals surface area contributed by atoms with Crippen molar-refractivity contribution in [3.63, 3.8) is 0 Å². The van der Waals surface area contributed by atoms with E-state index in [9.17, 15) is 4.79 Å². The first-order valence-electron chi connectivity index (χ1n) is 7.98. The third-order valence-electron chi connectivity index (χ3n) is 4.17. The second kappa shape index (κ2) is 6.67. The average molecular weight is 376 g/mol. The normalized spacial score (nSPS) is 17.1. The largest absolute Gasteiger partial charge is 0.370 e. The standard InChI is InChI=1S/C18H15Cl2N3O2/c19-12-5-3-10(8-13(12)20)18(24)21-11-4-6-14-15(9-11)23-17(22-14)16-2-1-7-25-16/h3-6,8-9,16H,1-2,7H2,(H,21,24)(H,22,23). The predicted molar refractivity (Wildman–Crippen MR) is 98.4 cm³/mol. The molecule has 1 aliphatic heterocycles. The molecule has 0 bridgehead atoms. The first-order chi connectivity index (χ1) is 12.1. The summed E-state index contributed by atoms with van der Waals surface area (Å²) in [6.45, 7) is 0.771. The summed E-state index contributed by atoms with van der Waals surface area (Å²) in [5, 5.41) is 3.62. The molecular formula is C18H15Cl2N3O2. The van der Waals surface area contributed by atoms with Crippen LogP contribution in [0, 0.1) is 0 Å². The highest BCUT2D eigenvalue weighted by Gasteiger charge is 2.21. The number of halogens is 2. The molecule has 3 aromatic rings. The van der Waals surface area contributed by atoms with Gasteiger partial charge in [-0.05, 0) is 49.2 Å². The van der Waals surface area contributed by atoms with Crippen molar-refractivity contribution in [2.45, 2.75) is 18.9 Å². The van der Waals surface area contributed by atoms with Crippen LogP contribution in [-0.4, -0.2) is 22.5 Å². The predicted octanol–water partition coefficient (Wildman–Crippen LogP) is 4.97. The first kappa shape index (κ1) is 16.4. The second-order valence-corrected chi connectivity index (χ2v) is 6.75. The number of nitrogens with zero attached hydrogens (tertiary/aromatic N) is 1. The highest BCUT2D eigenvalue weighted by atomic mass is 35.5. The van der Waals surface area contributed by atoms with Crippen LogP contribution < -0.4 is 5.32 Å². The van der Waals surface area contributed by atoms with Crippen LogP contribution in [0.1, 0.15) is 35.1 Å². The monoisotopic (exact) mass is 375 g/mol. The molecule has 1 fully saturated rings. The van der Waals surface area contributed by atoms with Crippen LogP contribution in [0.25, 0.3) is 11.0 Å². The molecule has 5 nitrogen and oxygen atoms in total. The molecule has 128 valence electrons. The van der Waals surface area contributed by atoms with Gasteiger partial charge in [0.1, 0.15) is 11.9 Å². The molecule has 2 aromatic carbocycles. The number of aromatic nitrogens is 2. The van der Waals surface area contributed by atoms with Gasteiger partial charge < -0.3 is 15.0 Å². The number of carbonyl (C=O) groups excluding carboxylic acids is 1. The highest BCUT2D eigenvalue weighted by Crippen LogP contribution is 2.29. The fourth-order valence-corrected chi connectivity index (χ4v) is 3.19. The molecular weight excluding hydrogens is 361 g/mol. The lowest BCUT2D eigenvalue weighted by atomic mass is 10.2. The highest BCUT2D eigenvalue weighted by molar-refractivity contribution is 6.42. The van der Waals surface area contributed by atoms with E-state index in [1.807, 2.05) is 18.2 Å². The Morgan fingerprint density at radius 3 is 2.84 bits per heavy atom. The van der Waals surface area contributed by atoms with Crippen LogP contribution in [0.15, 0.2) is 36.4 Å². The number of fused-ring (bicyclic) bond motifs is 1. The van der Waals surface area contributed by atoms with Gasteiger partial charge in [0.25, 0.3) is 5.91 Å². The van der Waals surface area contributed by atoms with Crippen molar-refractivity contribution in [2.75, 3.05) is 11.9 Å². The molecule has 0 aliphatic carbocycles.